The van der Waals surface area contributed by atoms with Crippen molar-refractivity contribution in [3.8, 4) is 0 Å². The summed E-state index contributed by atoms with van der Waals surface area (Å²) in [5.74, 6) is -0.750. The van der Waals surface area contributed by atoms with Gasteiger partial charge >= 0.3 is 5.63 Å². The molecule has 0 radical (unpaired) electrons. The first-order chi connectivity index (χ1) is 11.1. The molecular formula is C16H10N2O5. The van der Waals surface area contributed by atoms with Crippen LogP contribution in [0.4, 0.5) is 11.4 Å². The van der Waals surface area contributed by atoms with Gasteiger partial charge in [0, 0.05) is 11.5 Å². The smallest absolute Gasteiger partial charge is 0.360 e. The third-order valence-electron chi connectivity index (χ3n) is 3.23. The van der Waals surface area contributed by atoms with Crippen molar-refractivity contribution < 1.29 is 14.1 Å². The highest BCUT2D eigenvalue weighted by Gasteiger charge is 2.20. The summed E-state index contributed by atoms with van der Waals surface area (Å²) in [7, 11) is 0. The average Bonchev–Trinajstić information content (AvgIpc) is 2.55. The van der Waals surface area contributed by atoms with Gasteiger partial charge in [0.1, 0.15) is 16.8 Å². The number of nitrogens with zero attached hydrogens (tertiary/aromatic N) is 1. The maximum atomic E-state index is 12.2. The Morgan fingerprint density at radius 2 is 1.78 bits per heavy atom. The van der Waals surface area contributed by atoms with Gasteiger partial charge in [0.2, 0.25) is 0 Å². The van der Waals surface area contributed by atoms with Crippen LogP contribution in [0.15, 0.2) is 63.8 Å². The van der Waals surface area contributed by atoms with Gasteiger partial charge in [-0.25, -0.2) is 4.79 Å². The summed E-state index contributed by atoms with van der Waals surface area (Å²) in [4.78, 5) is 34.4. The van der Waals surface area contributed by atoms with Crippen LogP contribution >= 0.6 is 0 Å². The van der Waals surface area contributed by atoms with Crippen LogP contribution in [0.25, 0.3) is 11.0 Å². The Balaban J connectivity index is 1.99. The van der Waals surface area contributed by atoms with Gasteiger partial charge in [0.15, 0.2) is 0 Å². The molecule has 0 aliphatic carbocycles. The summed E-state index contributed by atoms with van der Waals surface area (Å²) in [6.45, 7) is 0. The zero-order valence-electron chi connectivity index (χ0n) is 11.7. The second-order valence-corrected chi connectivity index (χ2v) is 4.71. The van der Waals surface area contributed by atoms with Gasteiger partial charge in [-0.2, -0.15) is 0 Å². The molecule has 2 aromatic carbocycles. The Labute approximate surface area is 129 Å². The number of amides is 1. The lowest BCUT2D eigenvalue weighted by Crippen LogP contribution is -2.18. The average molecular weight is 310 g/mol. The molecule has 7 heteroatoms. The van der Waals surface area contributed by atoms with Crippen LogP contribution in [0.1, 0.15) is 10.4 Å². The summed E-state index contributed by atoms with van der Waals surface area (Å²) >= 11 is 0. The van der Waals surface area contributed by atoms with Gasteiger partial charge < -0.3 is 9.73 Å². The number of para-hydroxylation sites is 2. The van der Waals surface area contributed by atoms with Crippen LogP contribution in [0.2, 0.25) is 0 Å². The molecule has 0 saturated carbocycles. The van der Waals surface area contributed by atoms with Crippen molar-refractivity contribution in [3.05, 3.63) is 80.7 Å². The number of nitrogens with one attached hydrogen (secondary N) is 1. The fraction of sp³-hybridized carbons (Fsp3) is 0. The Bertz CT molecular complexity index is 977. The molecule has 3 rings (SSSR count). The molecule has 0 spiro atoms. The van der Waals surface area contributed by atoms with Gasteiger partial charge in [-0.3, -0.25) is 14.9 Å². The van der Waals surface area contributed by atoms with E-state index in [9.17, 15) is 19.7 Å². The van der Waals surface area contributed by atoms with Crippen molar-refractivity contribution in [1.29, 1.82) is 0 Å². The number of nitro benzene ring substituents is 1. The predicted octanol–water partition coefficient (Wildman–Crippen LogP) is 2.95. The molecule has 0 fully saturated rings. The van der Waals surface area contributed by atoms with Gasteiger partial charge in [-0.1, -0.05) is 30.3 Å². The SMILES string of the molecule is O=C(Nc1cc2ccccc2oc1=O)c1ccccc1[N+](=O)[O-]. The molecule has 0 saturated heterocycles. The maximum Gasteiger partial charge on any atom is 0.360 e. The minimum absolute atomic E-state index is 0.0770. The Kier molecular flexibility index (Phi) is 3.60. The molecule has 7 nitrogen and oxygen atoms in total. The predicted molar refractivity (Wildman–Crippen MR) is 83.5 cm³/mol. The van der Waals surface area contributed by atoms with Crippen LogP contribution in [0.5, 0.6) is 0 Å². The van der Waals surface area contributed by atoms with E-state index in [-0.39, 0.29) is 16.9 Å². The lowest BCUT2D eigenvalue weighted by atomic mass is 10.1. The van der Waals surface area contributed by atoms with E-state index < -0.39 is 16.5 Å². The first-order valence-corrected chi connectivity index (χ1v) is 6.64. The molecule has 1 heterocycles. The fourth-order valence-corrected chi connectivity index (χ4v) is 2.16. The van der Waals surface area contributed by atoms with Crippen LogP contribution in [-0.2, 0) is 0 Å². The largest absolute Gasteiger partial charge is 0.421 e. The summed E-state index contributed by atoms with van der Waals surface area (Å²) < 4.78 is 5.10. The van der Waals surface area contributed by atoms with E-state index in [0.29, 0.717) is 11.0 Å². The molecule has 23 heavy (non-hydrogen) atoms. The molecule has 0 aliphatic rings. The summed E-state index contributed by atoms with van der Waals surface area (Å²) in [6, 6.07) is 13.8. The van der Waals surface area contributed by atoms with Gasteiger partial charge in [0.25, 0.3) is 11.6 Å². The van der Waals surface area contributed by atoms with Gasteiger partial charge in [-0.05, 0) is 18.2 Å². The van der Waals surface area contributed by atoms with E-state index >= 15 is 0 Å². The number of benzene rings is 2. The number of rotatable bonds is 3. The molecule has 0 aliphatic heterocycles. The van der Waals surface area contributed by atoms with E-state index in [0.717, 1.165) is 0 Å². The third kappa shape index (κ3) is 2.80. The number of carbonyl (C=O) groups excluding carboxylic acids is 1. The van der Waals surface area contributed by atoms with Crippen molar-refractivity contribution in [2.75, 3.05) is 5.32 Å². The van der Waals surface area contributed by atoms with Crippen molar-refractivity contribution in [1.82, 2.24) is 0 Å². The van der Waals surface area contributed by atoms with E-state index in [4.69, 9.17) is 4.42 Å². The van der Waals surface area contributed by atoms with Crippen molar-refractivity contribution in [2.45, 2.75) is 0 Å². The second kappa shape index (κ2) is 5.72. The van der Waals surface area contributed by atoms with Gasteiger partial charge in [0.05, 0.1) is 4.92 Å². The molecule has 0 unspecified atom stereocenters. The molecule has 1 N–H and O–H groups in total. The number of hydrogen-bond acceptors (Lipinski definition) is 5. The minimum atomic E-state index is -0.750. The summed E-state index contributed by atoms with van der Waals surface area (Å²) in [6.07, 6.45) is 0. The Morgan fingerprint density at radius 3 is 2.57 bits per heavy atom. The molecule has 0 bridgehead atoms. The first-order valence-electron chi connectivity index (χ1n) is 6.64. The molecule has 1 aromatic heterocycles. The van der Waals surface area contributed by atoms with Crippen LogP contribution in [-0.4, -0.2) is 10.8 Å². The monoisotopic (exact) mass is 310 g/mol. The lowest BCUT2D eigenvalue weighted by molar-refractivity contribution is -0.385. The van der Waals surface area contributed by atoms with Crippen LogP contribution in [0, 0.1) is 10.1 Å². The molecule has 114 valence electrons. The van der Waals surface area contributed by atoms with Crippen molar-refractivity contribution in [2.24, 2.45) is 0 Å². The zero-order valence-corrected chi connectivity index (χ0v) is 11.7. The highest BCUT2D eigenvalue weighted by Crippen LogP contribution is 2.20. The van der Waals surface area contributed by atoms with E-state index in [2.05, 4.69) is 5.32 Å². The molecule has 1 amide bonds. The Hall–Kier alpha value is -3.48. The summed E-state index contributed by atoms with van der Waals surface area (Å²) in [5, 5.41) is 14.0. The topological polar surface area (TPSA) is 102 Å². The van der Waals surface area contributed by atoms with Crippen LogP contribution < -0.4 is 10.9 Å². The molecular weight excluding hydrogens is 300 g/mol. The van der Waals surface area contributed by atoms with Crippen molar-refractivity contribution >= 4 is 28.3 Å². The number of anilines is 1. The standard InChI is InChI=1S/C16H10N2O5/c19-15(11-6-2-3-7-13(11)18(21)22)17-12-9-10-5-1-4-8-14(10)23-16(12)20/h1-9H,(H,17,19). The number of hydrogen-bond donors (Lipinski definition) is 1. The minimum Gasteiger partial charge on any atom is -0.421 e. The zero-order chi connectivity index (χ0) is 16.4. The highest BCUT2D eigenvalue weighted by molar-refractivity contribution is 6.07. The molecule has 0 atom stereocenters. The number of fused-ring (bicyclic) bond motifs is 1. The van der Waals surface area contributed by atoms with E-state index in [1.807, 2.05) is 0 Å². The van der Waals surface area contributed by atoms with E-state index in [1.54, 1.807) is 24.3 Å². The van der Waals surface area contributed by atoms with E-state index in [1.165, 1.54) is 30.3 Å². The normalized spacial score (nSPS) is 10.4. The van der Waals surface area contributed by atoms with Gasteiger partial charge in [-0.15, -0.1) is 0 Å². The number of nitro groups is 1. The molecule has 3 aromatic rings. The van der Waals surface area contributed by atoms with Crippen molar-refractivity contribution in [3.63, 3.8) is 0 Å². The Morgan fingerprint density at radius 1 is 1.09 bits per heavy atom. The quantitative estimate of drug-likeness (QED) is 0.455. The highest BCUT2D eigenvalue weighted by atomic mass is 16.6. The number of carbonyl (C=O) groups is 1. The lowest BCUT2D eigenvalue weighted by Gasteiger charge is -2.05. The second-order valence-electron chi connectivity index (χ2n) is 4.71. The third-order valence-corrected chi connectivity index (χ3v) is 3.23. The van der Waals surface area contributed by atoms with Crippen LogP contribution in [0.3, 0.4) is 0 Å². The fourth-order valence-electron chi connectivity index (χ4n) is 2.16. The maximum absolute atomic E-state index is 12.2. The summed E-state index contributed by atoms with van der Waals surface area (Å²) in [5.41, 5.74) is -0.885. The first kappa shape index (κ1) is 14.5.